The van der Waals surface area contributed by atoms with Gasteiger partial charge in [0.1, 0.15) is 16.4 Å². The first-order valence-electron chi connectivity index (χ1n) is 11.5. The van der Waals surface area contributed by atoms with Crippen molar-refractivity contribution in [1.29, 1.82) is 0 Å². The number of aromatic amines is 1. The first kappa shape index (κ1) is 23.7. The molecular weight excluding hydrogens is 482 g/mol. The second kappa shape index (κ2) is 9.19. The standard InChI is InChI=1S/C26H25N3O6S/c1-4-11-34-19-9-5-7-17(12-19)15-29-24-21(27-26(29)30)14-22-23(16(2)28-35-22)25(24)36(31,32)20-10-6-8-18(13-20)33-3/h5-10,12-14H,4,11,15H2,1-3H3,(H,27,30). The molecule has 2 aromatic heterocycles. The molecule has 0 saturated heterocycles. The molecule has 0 aliphatic heterocycles. The monoisotopic (exact) mass is 507 g/mol. The Hall–Kier alpha value is -4.05. The van der Waals surface area contributed by atoms with Crippen molar-refractivity contribution in [1.82, 2.24) is 14.7 Å². The molecule has 0 bridgehead atoms. The fourth-order valence-electron chi connectivity index (χ4n) is 4.28. The van der Waals surface area contributed by atoms with Gasteiger partial charge in [0.05, 0.1) is 47.3 Å². The summed E-state index contributed by atoms with van der Waals surface area (Å²) in [7, 11) is -2.65. The molecule has 0 amide bonds. The molecule has 5 aromatic rings. The highest BCUT2D eigenvalue weighted by atomic mass is 32.2. The molecule has 10 heteroatoms. The number of hydrogen-bond donors (Lipinski definition) is 1. The predicted octanol–water partition coefficient (Wildman–Crippen LogP) is 4.46. The second-order valence-corrected chi connectivity index (χ2v) is 10.3. The lowest BCUT2D eigenvalue weighted by Crippen LogP contribution is -2.18. The number of ether oxygens (including phenoxy) is 2. The molecule has 0 aliphatic rings. The SMILES string of the molecule is CCCOc1cccc(Cn2c(=O)[nH]c3cc4onc(C)c4c(S(=O)(=O)c4cccc(OC)c4)c32)c1. The maximum atomic E-state index is 14.1. The largest absolute Gasteiger partial charge is 0.497 e. The Bertz CT molecular complexity index is 1750. The number of hydrogen-bond acceptors (Lipinski definition) is 7. The molecule has 0 atom stereocenters. The predicted molar refractivity (Wildman–Crippen MR) is 135 cm³/mol. The third-order valence-electron chi connectivity index (χ3n) is 5.95. The van der Waals surface area contributed by atoms with Crippen LogP contribution in [0.3, 0.4) is 0 Å². The number of nitrogens with zero attached hydrogens (tertiary/aromatic N) is 2. The van der Waals surface area contributed by atoms with E-state index < -0.39 is 15.5 Å². The maximum absolute atomic E-state index is 14.1. The summed E-state index contributed by atoms with van der Waals surface area (Å²) in [6.45, 7) is 4.40. The summed E-state index contributed by atoms with van der Waals surface area (Å²) in [5.41, 5.74) is 1.61. The Morgan fingerprint density at radius 2 is 1.86 bits per heavy atom. The maximum Gasteiger partial charge on any atom is 0.326 e. The molecule has 3 aromatic carbocycles. The molecule has 1 N–H and O–H groups in total. The van der Waals surface area contributed by atoms with Gasteiger partial charge in [-0.25, -0.2) is 13.2 Å². The zero-order valence-electron chi connectivity index (χ0n) is 20.1. The van der Waals surface area contributed by atoms with Crippen LogP contribution in [0.5, 0.6) is 11.5 Å². The minimum absolute atomic E-state index is 0.0337. The summed E-state index contributed by atoms with van der Waals surface area (Å²) < 4.78 is 46.0. The normalized spacial score (nSPS) is 11.9. The topological polar surface area (TPSA) is 116 Å². The number of nitrogens with one attached hydrogen (secondary N) is 1. The van der Waals surface area contributed by atoms with Crippen LogP contribution in [0.4, 0.5) is 0 Å². The molecule has 9 nitrogen and oxygen atoms in total. The molecule has 0 fully saturated rings. The Balaban J connectivity index is 1.77. The van der Waals surface area contributed by atoms with Crippen LogP contribution in [-0.4, -0.2) is 36.8 Å². The Morgan fingerprint density at radius 1 is 1.08 bits per heavy atom. The average Bonchev–Trinajstić information content (AvgIpc) is 3.40. The van der Waals surface area contributed by atoms with E-state index in [1.165, 1.54) is 23.8 Å². The minimum atomic E-state index is -4.12. The van der Waals surface area contributed by atoms with Crippen molar-refractivity contribution < 1.29 is 22.4 Å². The Kier molecular flexibility index (Phi) is 6.05. The number of sulfone groups is 1. The first-order chi connectivity index (χ1) is 17.3. The highest BCUT2D eigenvalue weighted by Crippen LogP contribution is 2.37. The van der Waals surface area contributed by atoms with Gasteiger partial charge in [-0.2, -0.15) is 0 Å². The van der Waals surface area contributed by atoms with Crippen LogP contribution in [0.25, 0.3) is 22.0 Å². The third kappa shape index (κ3) is 4.03. The third-order valence-corrected chi connectivity index (χ3v) is 7.76. The van der Waals surface area contributed by atoms with Gasteiger partial charge in [0.25, 0.3) is 0 Å². The van der Waals surface area contributed by atoms with Gasteiger partial charge in [-0.1, -0.05) is 30.3 Å². The van der Waals surface area contributed by atoms with Gasteiger partial charge in [-0.15, -0.1) is 0 Å². The van der Waals surface area contributed by atoms with E-state index in [9.17, 15) is 13.2 Å². The van der Waals surface area contributed by atoms with Crippen molar-refractivity contribution in [2.24, 2.45) is 0 Å². The fourth-order valence-corrected chi connectivity index (χ4v) is 6.04. The molecule has 0 spiro atoms. The number of methoxy groups -OCH3 is 1. The molecule has 2 heterocycles. The van der Waals surface area contributed by atoms with Gasteiger partial charge >= 0.3 is 5.69 Å². The summed E-state index contributed by atoms with van der Waals surface area (Å²) in [6, 6.07) is 15.2. The molecule has 0 radical (unpaired) electrons. The molecule has 0 saturated carbocycles. The lowest BCUT2D eigenvalue weighted by atomic mass is 10.2. The number of benzene rings is 3. The Labute approximate surface area is 207 Å². The number of aromatic nitrogens is 3. The van der Waals surface area contributed by atoms with E-state index in [1.54, 1.807) is 25.1 Å². The zero-order chi connectivity index (χ0) is 25.4. The van der Waals surface area contributed by atoms with E-state index in [0.29, 0.717) is 34.7 Å². The van der Waals surface area contributed by atoms with E-state index in [1.807, 2.05) is 31.2 Å². The molecule has 186 valence electrons. The van der Waals surface area contributed by atoms with Crippen LogP contribution < -0.4 is 15.2 Å². The van der Waals surface area contributed by atoms with Crippen molar-refractivity contribution >= 4 is 31.8 Å². The molecular formula is C26H25N3O6S. The van der Waals surface area contributed by atoms with Gasteiger partial charge in [0, 0.05) is 6.07 Å². The highest BCUT2D eigenvalue weighted by Gasteiger charge is 2.30. The molecule has 36 heavy (non-hydrogen) atoms. The number of rotatable bonds is 8. The number of H-pyrrole nitrogens is 1. The first-order valence-corrected chi connectivity index (χ1v) is 12.9. The fraction of sp³-hybridized carbons (Fsp3) is 0.231. The van der Waals surface area contributed by atoms with E-state index in [4.69, 9.17) is 14.0 Å². The van der Waals surface area contributed by atoms with Crippen LogP contribution in [0.1, 0.15) is 24.6 Å². The van der Waals surface area contributed by atoms with Crippen LogP contribution >= 0.6 is 0 Å². The van der Waals surface area contributed by atoms with Crippen molar-refractivity contribution in [3.63, 3.8) is 0 Å². The average molecular weight is 508 g/mol. The number of fused-ring (bicyclic) bond motifs is 2. The van der Waals surface area contributed by atoms with Crippen molar-refractivity contribution in [3.8, 4) is 11.5 Å². The summed E-state index contributed by atoms with van der Waals surface area (Å²) in [5, 5.41) is 4.33. The molecule has 0 aliphatic carbocycles. The Morgan fingerprint density at radius 3 is 2.64 bits per heavy atom. The lowest BCUT2D eigenvalue weighted by Gasteiger charge is -2.12. The van der Waals surface area contributed by atoms with Crippen molar-refractivity contribution in [2.45, 2.75) is 36.6 Å². The molecule has 0 unspecified atom stereocenters. The van der Waals surface area contributed by atoms with Gasteiger partial charge in [-0.3, -0.25) is 4.57 Å². The smallest absolute Gasteiger partial charge is 0.326 e. The summed E-state index contributed by atoms with van der Waals surface area (Å²) in [4.78, 5) is 15.9. The van der Waals surface area contributed by atoms with Crippen LogP contribution in [-0.2, 0) is 16.4 Å². The van der Waals surface area contributed by atoms with Gasteiger partial charge < -0.3 is 19.0 Å². The quantitative estimate of drug-likeness (QED) is 0.330. The lowest BCUT2D eigenvalue weighted by molar-refractivity contribution is 0.317. The zero-order valence-corrected chi connectivity index (χ0v) is 20.9. The van der Waals surface area contributed by atoms with E-state index in [0.717, 1.165) is 12.0 Å². The summed E-state index contributed by atoms with van der Waals surface area (Å²) >= 11 is 0. The highest BCUT2D eigenvalue weighted by molar-refractivity contribution is 7.92. The van der Waals surface area contributed by atoms with Crippen molar-refractivity contribution in [2.75, 3.05) is 13.7 Å². The minimum Gasteiger partial charge on any atom is -0.497 e. The van der Waals surface area contributed by atoms with Crippen LogP contribution in [0.2, 0.25) is 0 Å². The number of aryl methyl sites for hydroxylation is 1. The van der Waals surface area contributed by atoms with Gasteiger partial charge in [0.15, 0.2) is 5.58 Å². The number of imidazole rings is 1. The van der Waals surface area contributed by atoms with Gasteiger partial charge in [0.2, 0.25) is 9.84 Å². The van der Waals surface area contributed by atoms with Crippen molar-refractivity contribution in [3.05, 3.63) is 76.3 Å². The summed E-state index contributed by atoms with van der Waals surface area (Å²) in [6.07, 6.45) is 0.867. The van der Waals surface area contributed by atoms with E-state index >= 15 is 0 Å². The summed E-state index contributed by atoms with van der Waals surface area (Å²) in [5.74, 6) is 1.08. The van der Waals surface area contributed by atoms with Crippen LogP contribution in [0, 0.1) is 6.92 Å². The second-order valence-electron chi connectivity index (χ2n) is 8.44. The van der Waals surface area contributed by atoms with Gasteiger partial charge in [-0.05, 0) is 49.2 Å². The van der Waals surface area contributed by atoms with E-state index in [-0.39, 0.29) is 27.4 Å². The van der Waals surface area contributed by atoms with Crippen LogP contribution in [0.15, 0.2) is 73.7 Å². The van der Waals surface area contributed by atoms with E-state index in [2.05, 4.69) is 10.1 Å². The molecule has 5 rings (SSSR count).